The molecule has 3 rings (SSSR count). The fraction of sp³-hybridized carbons (Fsp3) is 0.977. The van der Waals surface area contributed by atoms with Crippen LogP contribution in [0.5, 0.6) is 0 Å². The van der Waals surface area contributed by atoms with Crippen molar-refractivity contribution in [3.05, 3.63) is 0 Å². The normalized spacial score (nSPS) is 45.6. The number of methoxy groups -OCH3 is 1. The topological polar surface area (TPSA) is 181 Å². The predicted octanol–water partition coefficient (Wildman–Crippen LogP) is 3.59. The maximum absolute atomic E-state index is 14.4. The Bertz CT molecular complexity index is 1240. The molecule has 14 heteroatoms. The van der Waals surface area contributed by atoms with Gasteiger partial charge in [-0.25, -0.2) is 0 Å². The number of hydrogen-bond donors (Lipinski definition) is 6. The number of aliphatic hydroxyl groups is 4. The van der Waals surface area contributed by atoms with Crippen molar-refractivity contribution in [2.45, 2.75) is 206 Å². The van der Waals surface area contributed by atoms with Crippen LogP contribution in [-0.2, 0) is 33.2 Å². The van der Waals surface area contributed by atoms with E-state index in [0.717, 1.165) is 19.4 Å². The monoisotopic (exact) mass is 818 g/mol. The number of likely N-dealkylation sites (N-methyl/N-ethyl adjacent to an activating group) is 1. The molecule has 0 aliphatic carbocycles. The van der Waals surface area contributed by atoms with Gasteiger partial charge in [0.2, 0.25) is 0 Å². The van der Waals surface area contributed by atoms with Crippen LogP contribution in [0.25, 0.3) is 0 Å². The van der Waals surface area contributed by atoms with Crippen LogP contribution in [0.2, 0.25) is 0 Å². The van der Waals surface area contributed by atoms with Gasteiger partial charge in [-0.1, -0.05) is 48.0 Å². The Kier molecular flexibility index (Phi) is 18.3. The van der Waals surface area contributed by atoms with Crippen molar-refractivity contribution in [2.24, 2.45) is 23.2 Å². The lowest BCUT2D eigenvalue weighted by Crippen LogP contribution is -2.70. The van der Waals surface area contributed by atoms with E-state index >= 15 is 0 Å². The highest BCUT2D eigenvalue weighted by molar-refractivity contribution is 5.73. The molecule has 0 aromatic rings. The molecule has 0 aromatic carbocycles. The van der Waals surface area contributed by atoms with Crippen LogP contribution < -0.4 is 10.6 Å². The number of nitrogens with one attached hydrogen (secondary N) is 2. The maximum atomic E-state index is 14.4. The number of carbonyl (C=O) groups excluding carboxylic acids is 1. The largest absolute Gasteiger partial charge is 0.459 e. The van der Waals surface area contributed by atoms with Crippen LogP contribution in [-0.4, -0.2) is 156 Å². The van der Waals surface area contributed by atoms with E-state index in [9.17, 15) is 25.2 Å². The summed E-state index contributed by atoms with van der Waals surface area (Å²) in [6.45, 7) is 24.4. The molecule has 0 unspecified atom stereocenters. The van der Waals surface area contributed by atoms with Crippen molar-refractivity contribution in [3.8, 4) is 0 Å². The molecule has 57 heavy (non-hydrogen) atoms. The number of aliphatic hydroxyl groups excluding tert-OH is 2. The molecule has 0 radical (unpaired) electrons. The van der Waals surface area contributed by atoms with Gasteiger partial charge >= 0.3 is 5.97 Å². The summed E-state index contributed by atoms with van der Waals surface area (Å²) in [5.41, 5.74) is -4.82. The van der Waals surface area contributed by atoms with Gasteiger partial charge in [0.1, 0.15) is 29.0 Å². The van der Waals surface area contributed by atoms with Gasteiger partial charge in [0, 0.05) is 44.6 Å². The van der Waals surface area contributed by atoms with Crippen molar-refractivity contribution in [2.75, 3.05) is 40.8 Å². The Labute approximate surface area is 344 Å². The third-order valence-corrected chi connectivity index (χ3v) is 13.6. The van der Waals surface area contributed by atoms with Gasteiger partial charge in [-0.05, 0) is 99.2 Å². The number of carbonyl (C=O) groups is 1. The number of cyclic esters (lactones) is 1. The third kappa shape index (κ3) is 11.7. The summed E-state index contributed by atoms with van der Waals surface area (Å²) in [5.74, 6) is -2.43. The van der Waals surface area contributed by atoms with Gasteiger partial charge in [-0.2, -0.15) is 0 Å². The summed E-state index contributed by atoms with van der Waals surface area (Å²) in [4.78, 5) is 16.4. The lowest BCUT2D eigenvalue weighted by molar-refractivity contribution is -0.334. The summed E-state index contributed by atoms with van der Waals surface area (Å²) in [6, 6.07) is -0.259. The van der Waals surface area contributed by atoms with Gasteiger partial charge in [-0.15, -0.1) is 0 Å². The predicted molar refractivity (Wildman–Crippen MR) is 219 cm³/mol. The van der Waals surface area contributed by atoms with Crippen molar-refractivity contribution in [1.82, 2.24) is 15.5 Å². The average molecular weight is 818 g/mol. The molecule has 3 heterocycles. The standard InChI is InChI=1S/C43H83N3O11/c1-16-18-19-44-24-43(51)30(8)54-33(22-41(43,11)52-15)56-35-28(6)37(57-39-34(47)31(46(13)14)20-27(5)53-39)40(9,10)21-26(4)45-23-25(3)36(48)42(12,50)32(17-2)55-38(49)29(35)7/h25-37,39,44-45,47-48,50-51H,16-24H2,1-15H3/t25-,26+,27+,28-,29+,30-,31-,32+,33+,34+,35+,36+,37+,39-,41-,42+,43+/m0/s1. The molecule has 336 valence electrons. The zero-order valence-corrected chi connectivity index (χ0v) is 38.0. The van der Waals surface area contributed by atoms with E-state index in [2.05, 4.69) is 38.3 Å². The lowest BCUT2D eigenvalue weighted by Gasteiger charge is -2.54. The number of rotatable bonds is 12. The minimum atomic E-state index is -1.74. The summed E-state index contributed by atoms with van der Waals surface area (Å²) < 4.78 is 39.0. The average Bonchev–Trinajstić information content (AvgIpc) is 3.14. The minimum absolute atomic E-state index is 0.0566. The molecule has 0 aromatic heterocycles. The molecule has 3 aliphatic rings. The molecule has 3 aliphatic heterocycles. The third-order valence-electron chi connectivity index (χ3n) is 13.6. The molecule has 0 bridgehead atoms. The first-order valence-corrected chi connectivity index (χ1v) is 21.7. The van der Waals surface area contributed by atoms with Gasteiger partial charge in [-0.3, -0.25) is 4.79 Å². The number of nitrogens with zero attached hydrogens (tertiary/aromatic N) is 1. The minimum Gasteiger partial charge on any atom is -0.459 e. The van der Waals surface area contributed by atoms with Crippen molar-refractivity contribution >= 4 is 5.97 Å². The van der Waals surface area contributed by atoms with Gasteiger partial charge < -0.3 is 64.4 Å². The van der Waals surface area contributed by atoms with Crippen molar-refractivity contribution < 1.29 is 53.6 Å². The van der Waals surface area contributed by atoms with Crippen LogP contribution >= 0.6 is 0 Å². The zero-order chi connectivity index (χ0) is 43.3. The molecule has 6 N–H and O–H groups in total. The van der Waals surface area contributed by atoms with Gasteiger partial charge in [0.25, 0.3) is 0 Å². The van der Waals surface area contributed by atoms with E-state index in [4.69, 9.17) is 28.4 Å². The summed E-state index contributed by atoms with van der Waals surface area (Å²) in [7, 11) is 5.44. The Morgan fingerprint density at radius 2 is 1.61 bits per heavy atom. The number of esters is 1. The second kappa shape index (κ2) is 20.7. The fourth-order valence-electron chi connectivity index (χ4n) is 9.67. The molecule has 0 saturated carbocycles. The highest BCUT2D eigenvalue weighted by atomic mass is 16.7. The van der Waals surface area contributed by atoms with E-state index in [1.165, 1.54) is 6.92 Å². The highest BCUT2D eigenvalue weighted by Gasteiger charge is 2.58. The van der Waals surface area contributed by atoms with Gasteiger partial charge in [0.15, 0.2) is 12.6 Å². The summed E-state index contributed by atoms with van der Waals surface area (Å²) >= 11 is 0. The lowest BCUT2D eigenvalue weighted by atomic mass is 9.72. The molecule has 0 spiro atoms. The Morgan fingerprint density at radius 3 is 2.19 bits per heavy atom. The highest BCUT2D eigenvalue weighted by Crippen LogP contribution is 2.44. The maximum Gasteiger partial charge on any atom is 0.311 e. The van der Waals surface area contributed by atoms with Gasteiger partial charge in [0.05, 0.1) is 36.4 Å². The van der Waals surface area contributed by atoms with Crippen LogP contribution in [0.3, 0.4) is 0 Å². The number of hydrogen-bond acceptors (Lipinski definition) is 14. The summed E-state index contributed by atoms with van der Waals surface area (Å²) in [5, 5.41) is 53.9. The van der Waals surface area contributed by atoms with E-state index in [1.807, 2.05) is 53.6 Å². The quantitative estimate of drug-likeness (QED) is 0.124. The molecule has 17 atom stereocenters. The Morgan fingerprint density at radius 1 is 0.965 bits per heavy atom. The second-order valence-corrected chi connectivity index (χ2v) is 19.2. The molecular formula is C43H83N3O11. The molecule has 3 saturated heterocycles. The first kappa shape index (κ1) is 50.3. The van der Waals surface area contributed by atoms with E-state index in [0.29, 0.717) is 19.4 Å². The number of ether oxygens (including phenoxy) is 6. The van der Waals surface area contributed by atoms with Crippen LogP contribution in [0.4, 0.5) is 0 Å². The smallest absolute Gasteiger partial charge is 0.311 e. The molecule has 14 nitrogen and oxygen atoms in total. The Hall–Kier alpha value is -1.01. The summed E-state index contributed by atoms with van der Waals surface area (Å²) in [6.07, 6.45) is -3.81. The zero-order valence-electron chi connectivity index (χ0n) is 38.0. The van der Waals surface area contributed by atoms with E-state index in [-0.39, 0.29) is 43.5 Å². The molecule has 3 fully saturated rings. The second-order valence-electron chi connectivity index (χ2n) is 19.2. The van der Waals surface area contributed by atoms with Crippen LogP contribution in [0.1, 0.15) is 122 Å². The van der Waals surface area contributed by atoms with Crippen molar-refractivity contribution in [1.29, 1.82) is 0 Å². The first-order chi connectivity index (χ1) is 26.4. The van der Waals surface area contributed by atoms with E-state index in [1.54, 1.807) is 21.0 Å². The first-order valence-electron chi connectivity index (χ1n) is 21.7. The molecule has 0 amide bonds. The molecular weight excluding hydrogens is 734 g/mol. The van der Waals surface area contributed by atoms with Crippen LogP contribution in [0, 0.1) is 23.2 Å². The van der Waals surface area contributed by atoms with Crippen LogP contribution in [0.15, 0.2) is 0 Å². The van der Waals surface area contributed by atoms with Crippen molar-refractivity contribution in [3.63, 3.8) is 0 Å². The Balaban J connectivity index is 2.15. The number of unbranched alkanes of at least 4 members (excludes halogenated alkanes) is 1. The SMILES string of the molecule is CCCCNC[C@@]1(O)[C@H](C)O[C@H](O[C@@H]2[C@H](C)[C@@H](O[C@@H]3O[C@H](C)C[C@H](N(C)C)[C@H]3O)C(C)(C)C[C@@H](C)NC[C@H](C)[C@@H](O)[C@](C)(O)[C@@H](CC)OC(=O)[C@@H]2C)C[C@]1(C)OC. The fourth-order valence-corrected chi connectivity index (χ4v) is 9.67. The van der Waals surface area contributed by atoms with E-state index < -0.39 is 89.2 Å².